The van der Waals surface area contributed by atoms with Crippen LogP contribution in [0.5, 0.6) is 0 Å². The summed E-state index contributed by atoms with van der Waals surface area (Å²) in [5, 5.41) is 18.3. The monoisotopic (exact) mass is 479 g/mol. The van der Waals surface area contributed by atoms with Gasteiger partial charge in [-0.2, -0.15) is 0 Å². The highest BCUT2D eigenvalue weighted by Crippen LogP contribution is 2.38. The van der Waals surface area contributed by atoms with Crippen molar-refractivity contribution in [2.24, 2.45) is 0 Å². The van der Waals surface area contributed by atoms with Gasteiger partial charge >= 0.3 is 0 Å². The van der Waals surface area contributed by atoms with Crippen LogP contribution in [-0.2, 0) is 16.0 Å². The second kappa shape index (κ2) is 11.0. The molecule has 0 amide bonds. The Balaban J connectivity index is 1.49. The van der Waals surface area contributed by atoms with Crippen molar-refractivity contribution in [2.45, 2.75) is 57.2 Å². The molecule has 8 heteroatoms. The van der Waals surface area contributed by atoms with Crippen molar-refractivity contribution in [3.05, 3.63) is 47.8 Å². The van der Waals surface area contributed by atoms with Gasteiger partial charge in [-0.25, -0.2) is 9.50 Å². The zero-order valence-electron chi connectivity index (χ0n) is 20.8. The summed E-state index contributed by atoms with van der Waals surface area (Å²) in [4.78, 5) is 7.09. The normalized spacial score (nSPS) is 22.4. The lowest BCUT2D eigenvalue weighted by atomic mass is 9.85. The van der Waals surface area contributed by atoms with Gasteiger partial charge in [0, 0.05) is 50.0 Å². The molecular formula is C27H37N5O3. The zero-order chi connectivity index (χ0) is 24.2. The van der Waals surface area contributed by atoms with Gasteiger partial charge in [0.25, 0.3) is 0 Å². The van der Waals surface area contributed by atoms with E-state index in [1.54, 1.807) is 7.11 Å². The second-order valence-electron chi connectivity index (χ2n) is 9.96. The molecule has 188 valence electrons. The summed E-state index contributed by atoms with van der Waals surface area (Å²) in [6.07, 6.45) is 5.36. The average molecular weight is 480 g/mol. The van der Waals surface area contributed by atoms with E-state index in [-0.39, 0.29) is 12.1 Å². The molecule has 0 spiro atoms. The number of nitrogens with zero attached hydrogens (tertiary/aromatic N) is 4. The van der Waals surface area contributed by atoms with Crippen LogP contribution in [0.2, 0.25) is 0 Å². The molecule has 2 N–H and O–H groups in total. The number of aliphatic hydroxyl groups is 1. The van der Waals surface area contributed by atoms with E-state index in [0.29, 0.717) is 18.5 Å². The highest BCUT2D eigenvalue weighted by Gasteiger charge is 2.26. The number of morpholine rings is 1. The lowest BCUT2D eigenvalue weighted by Gasteiger charge is -2.26. The number of aromatic nitrogens is 3. The van der Waals surface area contributed by atoms with E-state index in [2.05, 4.69) is 57.0 Å². The number of hydrogen-bond donors (Lipinski definition) is 2. The Kier molecular flexibility index (Phi) is 7.63. The molecule has 8 nitrogen and oxygen atoms in total. The first kappa shape index (κ1) is 24.2. The van der Waals surface area contributed by atoms with Crippen molar-refractivity contribution < 1.29 is 14.6 Å². The van der Waals surface area contributed by atoms with E-state index in [0.717, 1.165) is 69.6 Å². The first-order valence-electron chi connectivity index (χ1n) is 12.8. The summed E-state index contributed by atoms with van der Waals surface area (Å²) in [7, 11) is 1.70. The third-order valence-corrected chi connectivity index (χ3v) is 7.20. The SMILES string of the molecule is COC[C@H](C)Nc1ncc2c(-c3cccc(CN4CCOCC4)c3)cc([C@H]3CC[C@H](O)CC3)n2n1. The number of fused-ring (bicyclic) bond motifs is 1. The fourth-order valence-corrected chi connectivity index (χ4v) is 5.34. The molecule has 3 aromatic rings. The van der Waals surface area contributed by atoms with Gasteiger partial charge in [0.15, 0.2) is 0 Å². The largest absolute Gasteiger partial charge is 0.393 e. The van der Waals surface area contributed by atoms with E-state index < -0.39 is 0 Å². The van der Waals surface area contributed by atoms with Crippen LogP contribution in [0.1, 0.15) is 49.8 Å². The Hall–Kier alpha value is -2.52. The van der Waals surface area contributed by atoms with Crippen LogP contribution in [-0.4, -0.2) is 76.8 Å². The topological polar surface area (TPSA) is 84.2 Å². The van der Waals surface area contributed by atoms with Crippen LogP contribution in [0, 0.1) is 0 Å². The number of ether oxygens (including phenoxy) is 2. The van der Waals surface area contributed by atoms with Crippen molar-refractivity contribution in [3.63, 3.8) is 0 Å². The summed E-state index contributed by atoms with van der Waals surface area (Å²) in [5.74, 6) is 0.970. The summed E-state index contributed by atoms with van der Waals surface area (Å²) < 4.78 is 12.8. The van der Waals surface area contributed by atoms with E-state index in [1.807, 2.05) is 6.20 Å². The summed E-state index contributed by atoms with van der Waals surface area (Å²) in [6.45, 7) is 7.13. The van der Waals surface area contributed by atoms with Crippen molar-refractivity contribution >= 4 is 11.5 Å². The number of rotatable bonds is 8. The highest BCUT2D eigenvalue weighted by atomic mass is 16.5. The number of aliphatic hydroxyl groups excluding tert-OH is 1. The molecule has 1 atom stereocenters. The minimum atomic E-state index is -0.185. The Bertz CT molecular complexity index is 1120. The quantitative estimate of drug-likeness (QED) is 0.510. The van der Waals surface area contributed by atoms with Crippen LogP contribution in [0.4, 0.5) is 5.95 Å². The molecule has 35 heavy (non-hydrogen) atoms. The lowest BCUT2D eigenvalue weighted by Crippen LogP contribution is -2.35. The van der Waals surface area contributed by atoms with E-state index in [4.69, 9.17) is 14.6 Å². The summed E-state index contributed by atoms with van der Waals surface area (Å²) in [5.41, 5.74) is 5.86. The van der Waals surface area contributed by atoms with Crippen LogP contribution in [0.25, 0.3) is 16.6 Å². The molecule has 5 rings (SSSR count). The van der Waals surface area contributed by atoms with E-state index in [1.165, 1.54) is 16.8 Å². The van der Waals surface area contributed by atoms with Crippen molar-refractivity contribution in [2.75, 3.05) is 45.3 Å². The van der Waals surface area contributed by atoms with Gasteiger partial charge in [0.2, 0.25) is 5.95 Å². The van der Waals surface area contributed by atoms with Crippen molar-refractivity contribution in [3.8, 4) is 11.1 Å². The molecule has 1 saturated carbocycles. The van der Waals surface area contributed by atoms with Crippen LogP contribution in [0.15, 0.2) is 36.5 Å². The number of methoxy groups -OCH3 is 1. The fourth-order valence-electron chi connectivity index (χ4n) is 5.34. The number of nitrogens with one attached hydrogen (secondary N) is 1. The first-order valence-corrected chi connectivity index (χ1v) is 12.8. The third kappa shape index (κ3) is 5.67. The number of anilines is 1. The third-order valence-electron chi connectivity index (χ3n) is 7.20. The minimum Gasteiger partial charge on any atom is -0.393 e. The summed E-state index contributed by atoms with van der Waals surface area (Å²) in [6, 6.07) is 11.2. The molecule has 1 aliphatic heterocycles. The molecule has 1 aliphatic carbocycles. The van der Waals surface area contributed by atoms with Crippen molar-refractivity contribution in [1.29, 1.82) is 0 Å². The van der Waals surface area contributed by atoms with Gasteiger partial charge in [-0.05, 0) is 55.9 Å². The molecule has 0 bridgehead atoms. The van der Waals surface area contributed by atoms with Gasteiger partial charge in [0.05, 0.1) is 37.6 Å². The second-order valence-corrected chi connectivity index (χ2v) is 9.96. The van der Waals surface area contributed by atoms with Gasteiger partial charge < -0.3 is 19.9 Å². The lowest BCUT2D eigenvalue weighted by molar-refractivity contribution is 0.0342. The molecule has 0 radical (unpaired) electrons. The molecular weight excluding hydrogens is 442 g/mol. The molecule has 3 heterocycles. The predicted octanol–water partition coefficient (Wildman–Crippen LogP) is 3.69. The maximum atomic E-state index is 10.1. The predicted molar refractivity (Wildman–Crippen MR) is 137 cm³/mol. The first-order chi connectivity index (χ1) is 17.1. The number of hydrogen-bond acceptors (Lipinski definition) is 7. The Morgan fingerprint density at radius 1 is 1.17 bits per heavy atom. The zero-order valence-corrected chi connectivity index (χ0v) is 20.8. The fraction of sp³-hybridized carbons (Fsp3) is 0.556. The van der Waals surface area contributed by atoms with E-state index >= 15 is 0 Å². The number of benzene rings is 1. The minimum absolute atomic E-state index is 0.109. The summed E-state index contributed by atoms with van der Waals surface area (Å²) >= 11 is 0. The van der Waals surface area contributed by atoms with Crippen LogP contribution < -0.4 is 5.32 Å². The molecule has 0 unspecified atom stereocenters. The molecule has 2 fully saturated rings. The highest BCUT2D eigenvalue weighted by molar-refractivity contribution is 5.82. The molecule has 1 aromatic carbocycles. The van der Waals surface area contributed by atoms with Gasteiger partial charge in [-0.15, -0.1) is 5.10 Å². The Morgan fingerprint density at radius 3 is 2.74 bits per heavy atom. The van der Waals surface area contributed by atoms with Crippen LogP contribution in [0.3, 0.4) is 0 Å². The van der Waals surface area contributed by atoms with Crippen molar-refractivity contribution in [1.82, 2.24) is 19.5 Å². The Morgan fingerprint density at radius 2 is 1.97 bits per heavy atom. The van der Waals surface area contributed by atoms with Crippen LogP contribution >= 0.6 is 0 Å². The molecule has 1 saturated heterocycles. The molecule has 2 aromatic heterocycles. The smallest absolute Gasteiger partial charge is 0.241 e. The van der Waals surface area contributed by atoms with Gasteiger partial charge in [0.1, 0.15) is 0 Å². The maximum Gasteiger partial charge on any atom is 0.241 e. The standard InChI is InChI=1S/C27H37N5O3/c1-19(18-34-2)29-27-28-16-26-24(15-25(32(26)30-27)21-6-8-23(33)9-7-21)22-5-3-4-20(14-22)17-31-10-12-35-13-11-31/h3-5,14-16,19,21,23,33H,6-13,17-18H2,1-2H3,(H,29,30)/t19-,21-,23-/m0/s1. The van der Waals surface area contributed by atoms with E-state index in [9.17, 15) is 5.11 Å². The molecule has 2 aliphatic rings. The maximum absolute atomic E-state index is 10.1. The Labute approximate surface area is 207 Å². The average Bonchev–Trinajstić information content (AvgIpc) is 3.24. The van der Waals surface area contributed by atoms with Gasteiger partial charge in [-0.1, -0.05) is 18.2 Å². The van der Waals surface area contributed by atoms with Gasteiger partial charge in [-0.3, -0.25) is 4.90 Å².